The highest BCUT2D eigenvalue weighted by atomic mass is 28.3. The topological polar surface area (TPSA) is 20.2 Å². The molecule has 2 aromatic carbocycles. The Bertz CT molecular complexity index is 1200. The zero-order chi connectivity index (χ0) is 26.4. The van der Waals surface area contributed by atoms with Crippen LogP contribution in [-0.4, -0.2) is 37.5 Å². The average molecular weight is 516 g/mol. The number of nitrogens with one attached hydrogen (secondary N) is 1. The predicted molar refractivity (Wildman–Crippen MR) is 147 cm³/mol. The second-order valence-corrected chi connectivity index (χ2v) is 17.2. The lowest BCUT2D eigenvalue weighted by atomic mass is 9.89. The van der Waals surface area contributed by atoms with Gasteiger partial charge in [0.1, 0.15) is 5.82 Å². The molecule has 1 aromatic heterocycles. The van der Waals surface area contributed by atoms with Crippen molar-refractivity contribution in [2.45, 2.75) is 76.9 Å². The summed E-state index contributed by atoms with van der Waals surface area (Å²) in [5.74, 6) is -2.57. The number of aromatic nitrogens is 1. The summed E-state index contributed by atoms with van der Waals surface area (Å²) in [6.45, 7) is 16.3. The molecular weight excluding hydrogens is 475 g/mol. The van der Waals surface area contributed by atoms with Crippen molar-refractivity contribution in [3.8, 4) is 0 Å². The quantitative estimate of drug-likeness (QED) is 0.251. The van der Waals surface area contributed by atoms with E-state index < -0.39 is 25.7 Å². The van der Waals surface area contributed by atoms with Gasteiger partial charge in [0.25, 0.3) is 0 Å². The van der Waals surface area contributed by atoms with E-state index in [1.165, 1.54) is 10.9 Å². The van der Waals surface area contributed by atoms with Crippen molar-refractivity contribution in [2.75, 3.05) is 25.5 Å². The van der Waals surface area contributed by atoms with Gasteiger partial charge in [-0.2, -0.15) is 0 Å². The summed E-state index contributed by atoms with van der Waals surface area (Å²) >= 11 is 0. The van der Waals surface area contributed by atoms with Gasteiger partial charge in [-0.25, -0.2) is 13.2 Å². The Kier molecular flexibility index (Phi) is 7.63. The van der Waals surface area contributed by atoms with Crippen LogP contribution in [0, 0.1) is 17.5 Å². The summed E-state index contributed by atoms with van der Waals surface area (Å²) in [5, 5.41) is 4.26. The number of halogens is 3. The van der Waals surface area contributed by atoms with Crippen molar-refractivity contribution in [3.05, 3.63) is 59.5 Å². The molecule has 4 rings (SSSR count). The molecule has 0 saturated carbocycles. The smallest absolute Gasteiger partial charge is 0.169 e. The molecule has 196 valence electrons. The van der Waals surface area contributed by atoms with Gasteiger partial charge in [-0.05, 0) is 79.4 Å². The highest BCUT2D eigenvalue weighted by Crippen LogP contribution is 2.46. The zero-order valence-corrected chi connectivity index (χ0v) is 23.6. The van der Waals surface area contributed by atoms with E-state index in [0.717, 1.165) is 37.5 Å². The molecule has 36 heavy (non-hydrogen) atoms. The second kappa shape index (κ2) is 10.2. The van der Waals surface area contributed by atoms with Crippen LogP contribution in [-0.2, 0) is 0 Å². The minimum absolute atomic E-state index is 0.0676. The lowest BCUT2D eigenvalue weighted by molar-refractivity contribution is 0.256. The van der Waals surface area contributed by atoms with Crippen LogP contribution in [0.25, 0.3) is 10.9 Å². The number of nitrogens with zero attached hydrogens (tertiary/aromatic N) is 2. The van der Waals surface area contributed by atoms with Crippen molar-refractivity contribution in [1.29, 1.82) is 0 Å². The molecule has 1 fully saturated rings. The maximum absolute atomic E-state index is 14.4. The van der Waals surface area contributed by atoms with E-state index in [1.54, 1.807) is 0 Å². The van der Waals surface area contributed by atoms with E-state index in [9.17, 15) is 13.2 Å². The number of anilines is 2. The number of benzene rings is 2. The molecule has 3 nitrogen and oxygen atoms in total. The van der Waals surface area contributed by atoms with E-state index in [0.29, 0.717) is 34.3 Å². The fraction of sp³-hybridized carbons (Fsp3) is 0.517. The van der Waals surface area contributed by atoms with Crippen LogP contribution in [0.15, 0.2) is 36.5 Å². The summed E-state index contributed by atoms with van der Waals surface area (Å²) in [7, 11) is 0.112. The van der Waals surface area contributed by atoms with Crippen molar-refractivity contribution >= 4 is 30.5 Å². The highest BCUT2D eigenvalue weighted by Gasteiger charge is 2.46. The minimum Gasteiger partial charge on any atom is -0.373 e. The first-order valence-electron chi connectivity index (χ1n) is 13.2. The maximum atomic E-state index is 14.4. The van der Waals surface area contributed by atoms with Gasteiger partial charge < -0.3 is 14.4 Å². The molecule has 1 N–H and O–H groups in total. The Morgan fingerprint density at radius 2 is 1.42 bits per heavy atom. The molecule has 0 radical (unpaired) electrons. The Morgan fingerprint density at radius 1 is 0.833 bits per heavy atom. The monoisotopic (exact) mass is 515 g/mol. The maximum Gasteiger partial charge on any atom is 0.169 e. The van der Waals surface area contributed by atoms with Gasteiger partial charge in [0, 0.05) is 28.7 Å². The van der Waals surface area contributed by atoms with Crippen molar-refractivity contribution in [3.63, 3.8) is 0 Å². The lowest BCUT2D eigenvalue weighted by Gasteiger charge is -2.44. The first kappa shape index (κ1) is 26.8. The summed E-state index contributed by atoms with van der Waals surface area (Å²) in [5.41, 5.74) is 4.70. The Labute approximate surface area is 214 Å². The van der Waals surface area contributed by atoms with Crippen LogP contribution in [0.4, 0.5) is 24.5 Å². The van der Waals surface area contributed by atoms with E-state index in [-0.39, 0.29) is 5.69 Å². The van der Waals surface area contributed by atoms with Gasteiger partial charge in [-0.3, -0.25) is 0 Å². The van der Waals surface area contributed by atoms with Gasteiger partial charge in [-0.15, -0.1) is 0 Å². The fourth-order valence-electron chi connectivity index (χ4n) is 6.90. The van der Waals surface area contributed by atoms with E-state index in [2.05, 4.69) is 81.4 Å². The Balaban J connectivity index is 1.90. The molecule has 3 aromatic rings. The average Bonchev–Trinajstić information content (AvgIpc) is 3.16. The summed E-state index contributed by atoms with van der Waals surface area (Å²) in [6.07, 6.45) is 4.71. The molecule has 0 aliphatic carbocycles. The lowest BCUT2D eigenvalue weighted by Crippen LogP contribution is -2.51. The zero-order valence-electron chi connectivity index (χ0n) is 22.6. The number of hydrogen-bond donors (Lipinski definition) is 1. The molecule has 7 heteroatoms. The Hall–Kier alpha value is -2.25. The standard InChI is InChI=1S/C29H40F3N3Si/c1-18(2)36(19(3)4,20(5)6)35-17-24(21-10-12-34(7)13-11-21)23-9-8-22(14-29(23)35)33-28-16-26(31)25(30)15-27(28)32/h8-9,14-21,33H,10-13H2,1-7H3. The SMILES string of the molecule is CC(C)[Si](C(C)C)(C(C)C)n1cc(C2CCN(C)CC2)c2ccc(Nc3cc(F)c(F)cc3F)cc21. The minimum atomic E-state index is -2.07. The van der Waals surface area contributed by atoms with Crippen LogP contribution in [0.2, 0.25) is 16.6 Å². The van der Waals surface area contributed by atoms with Crippen LogP contribution < -0.4 is 5.32 Å². The molecule has 1 aliphatic heterocycles. The normalized spacial score (nSPS) is 16.1. The van der Waals surface area contributed by atoms with Crippen LogP contribution >= 0.6 is 0 Å². The van der Waals surface area contributed by atoms with E-state index >= 15 is 0 Å². The number of piperidine rings is 1. The molecule has 0 bridgehead atoms. The third-order valence-electron chi connectivity index (χ3n) is 8.48. The van der Waals surface area contributed by atoms with Gasteiger partial charge in [-0.1, -0.05) is 47.6 Å². The molecule has 0 spiro atoms. The highest BCUT2D eigenvalue weighted by molar-refractivity contribution is 6.82. The molecule has 0 unspecified atom stereocenters. The number of hydrogen-bond acceptors (Lipinski definition) is 2. The Morgan fingerprint density at radius 3 is 2.00 bits per heavy atom. The van der Waals surface area contributed by atoms with Crippen LogP contribution in [0.5, 0.6) is 0 Å². The molecule has 1 saturated heterocycles. The van der Waals surface area contributed by atoms with Gasteiger partial charge in [0.05, 0.1) is 5.69 Å². The summed E-state index contributed by atoms with van der Waals surface area (Å²) in [6, 6.07) is 7.59. The first-order chi connectivity index (χ1) is 17.0. The third kappa shape index (κ3) is 4.60. The molecular formula is C29H40F3N3Si. The van der Waals surface area contributed by atoms with Gasteiger partial charge >= 0.3 is 0 Å². The number of fused-ring (bicyclic) bond motifs is 1. The number of rotatable bonds is 7. The van der Waals surface area contributed by atoms with Gasteiger partial charge in [0.2, 0.25) is 0 Å². The predicted octanol–water partition coefficient (Wildman–Crippen LogP) is 8.64. The van der Waals surface area contributed by atoms with Crippen LogP contribution in [0.3, 0.4) is 0 Å². The van der Waals surface area contributed by atoms with Crippen molar-refractivity contribution in [2.24, 2.45) is 0 Å². The second-order valence-electron chi connectivity index (χ2n) is 11.5. The summed E-state index contributed by atoms with van der Waals surface area (Å²) < 4.78 is 44.4. The summed E-state index contributed by atoms with van der Waals surface area (Å²) in [4.78, 5) is 2.39. The molecule has 0 amide bonds. The largest absolute Gasteiger partial charge is 0.373 e. The first-order valence-corrected chi connectivity index (χ1v) is 15.4. The van der Waals surface area contributed by atoms with Crippen molar-refractivity contribution in [1.82, 2.24) is 9.13 Å². The van der Waals surface area contributed by atoms with E-state index in [4.69, 9.17) is 0 Å². The number of likely N-dealkylation sites (tertiary alicyclic amines) is 1. The van der Waals surface area contributed by atoms with E-state index in [1.807, 2.05) is 6.07 Å². The van der Waals surface area contributed by atoms with Gasteiger partial charge in [0.15, 0.2) is 19.9 Å². The molecule has 2 heterocycles. The van der Waals surface area contributed by atoms with Crippen molar-refractivity contribution < 1.29 is 13.2 Å². The molecule has 1 aliphatic rings. The molecule has 0 atom stereocenters. The fourth-order valence-corrected chi connectivity index (χ4v) is 13.5. The van der Waals surface area contributed by atoms with Crippen LogP contribution in [0.1, 0.15) is 65.9 Å². The third-order valence-corrected chi connectivity index (χ3v) is 15.2.